The number of pyridine rings is 1. The summed E-state index contributed by atoms with van der Waals surface area (Å²) in [5.74, 6) is -0.132. The van der Waals surface area contributed by atoms with Gasteiger partial charge in [-0.3, -0.25) is 4.79 Å². The minimum atomic E-state index is -0.132. The topological polar surface area (TPSA) is 66.6 Å². The van der Waals surface area contributed by atoms with Crippen LogP contribution in [0.25, 0.3) is 5.52 Å². The number of hydrogen-bond acceptors (Lipinski definition) is 3. The van der Waals surface area contributed by atoms with Gasteiger partial charge in [0.25, 0.3) is 5.91 Å². The van der Waals surface area contributed by atoms with Crippen molar-refractivity contribution in [3.8, 4) is 0 Å². The number of carbonyl (C=O) groups is 1. The zero-order valence-corrected chi connectivity index (χ0v) is 11.3. The highest BCUT2D eigenvalue weighted by Gasteiger charge is 2.19. The Morgan fingerprint density at radius 1 is 1.47 bits per heavy atom. The van der Waals surface area contributed by atoms with Crippen LogP contribution in [0.5, 0.6) is 0 Å². The van der Waals surface area contributed by atoms with E-state index in [9.17, 15) is 4.79 Å². The van der Waals surface area contributed by atoms with Crippen LogP contribution in [-0.2, 0) is 0 Å². The molecule has 2 rings (SSSR count). The van der Waals surface area contributed by atoms with Gasteiger partial charge in [-0.2, -0.15) is 5.10 Å². The minimum absolute atomic E-state index is 0.118. The quantitative estimate of drug-likeness (QED) is 0.856. The Balaban J connectivity index is 2.08. The Hall–Kier alpha value is -1.88. The van der Waals surface area contributed by atoms with Crippen LogP contribution in [0.2, 0.25) is 0 Å². The molecule has 2 aromatic heterocycles. The molecule has 0 saturated heterocycles. The van der Waals surface area contributed by atoms with E-state index in [0.717, 1.165) is 5.52 Å². The summed E-state index contributed by atoms with van der Waals surface area (Å²) in [6.07, 6.45) is 4.04. The van der Waals surface area contributed by atoms with Gasteiger partial charge in [-0.1, -0.05) is 19.9 Å². The van der Waals surface area contributed by atoms with Crippen LogP contribution in [0.1, 0.15) is 30.6 Å². The molecule has 5 heteroatoms. The molecule has 102 valence electrons. The molecular weight excluding hydrogens is 242 g/mol. The molecule has 5 nitrogen and oxygen atoms in total. The molecule has 2 N–H and O–H groups in total. The number of aliphatic hydroxyl groups excluding tert-OH is 1. The molecule has 0 bridgehead atoms. The average Bonchev–Trinajstić information content (AvgIpc) is 2.80. The molecular formula is C14H19N3O2. The lowest BCUT2D eigenvalue weighted by atomic mass is 9.90. The van der Waals surface area contributed by atoms with E-state index in [1.807, 2.05) is 38.2 Å². The third-order valence-electron chi connectivity index (χ3n) is 3.19. The maximum absolute atomic E-state index is 12.1. The van der Waals surface area contributed by atoms with Gasteiger partial charge in [0.05, 0.1) is 17.3 Å². The molecule has 2 heterocycles. The number of aliphatic hydroxyl groups is 1. The molecule has 0 aromatic carbocycles. The molecule has 0 unspecified atom stereocenters. The van der Waals surface area contributed by atoms with Crippen LogP contribution < -0.4 is 5.32 Å². The van der Waals surface area contributed by atoms with E-state index in [4.69, 9.17) is 5.11 Å². The fourth-order valence-electron chi connectivity index (χ4n) is 1.92. The standard InChI is InChI=1S/C14H19N3O2/c1-14(2,6-8-18)10-15-13(19)11-9-16-17-7-4-3-5-12(11)17/h3-5,7,9,18H,6,8,10H2,1-2H3,(H,15,19). The Morgan fingerprint density at radius 2 is 2.26 bits per heavy atom. The zero-order chi connectivity index (χ0) is 13.9. The number of fused-ring (bicyclic) bond motifs is 1. The summed E-state index contributed by atoms with van der Waals surface area (Å²) in [5.41, 5.74) is 1.24. The lowest BCUT2D eigenvalue weighted by molar-refractivity contribution is 0.0930. The first-order valence-corrected chi connectivity index (χ1v) is 6.35. The number of hydrogen-bond donors (Lipinski definition) is 2. The van der Waals surface area contributed by atoms with Gasteiger partial charge in [-0.25, -0.2) is 4.52 Å². The summed E-state index contributed by atoms with van der Waals surface area (Å²) in [7, 11) is 0. The summed E-state index contributed by atoms with van der Waals surface area (Å²) in [6.45, 7) is 4.68. The molecule has 0 radical (unpaired) electrons. The first-order chi connectivity index (χ1) is 9.03. The molecule has 19 heavy (non-hydrogen) atoms. The van der Waals surface area contributed by atoms with Crippen LogP contribution in [0, 0.1) is 5.41 Å². The highest BCUT2D eigenvalue weighted by molar-refractivity contribution is 6.00. The van der Waals surface area contributed by atoms with Crippen LogP contribution in [0.4, 0.5) is 0 Å². The Kier molecular flexibility index (Phi) is 3.85. The summed E-state index contributed by atoms with van der Waals surface area (Å²) >= 11 is 0. The number of amides is 1. The smallest absolute Gasteiger partial charge is 0.255 e. The van der Waals surface area contributed by atoms with Gasteiger partial charge in [0.2, 0.25) is 0 Å². The minimum Gasteiger partial charge on any atom is -0.396 e. The average molecular weight is 261 g/mol. The van der Waals surface area contributed by atoms with Crippen molar-refractivity contribution in [2.75, 3.05) is 13.2 Å². The Morgan fingerprint density at radius 3 is 3.00 bits per heavy atom. The van der Waals surface area contributed by atoms with Crippen molar-refractivity contribution in [3.05, 3.63) is 36.2 Å². The van der Waals surface area contributed by atoms with Crippen molar-refractivity contribution in [2.24, 2.45) is 5.41 Å². The van der Waals surface area contributed by atoms with Crippen molar-refractivity contribution in [1.82, 2.24) is 14.9 Å². The number of rotatable bonds is 5. The van der Waals surface area contributed by atoms with Gasteiger partial charge >= 0.3 is 0 Å². The monoisotopic (exact) mass is 261 g/mol. The molecule has 1 amide bonds. The first kappa shape index (κ1) is 13.5. The number of carbonyl (C=O) groups excluding carboxylic acids is 1. The van der Waals surface area contributed by atoms with E-state index in [0.29, 0.717) is 18.5 Å². The second-order valence-electron chi connectivity index (χ2n) is 5.41. The number of aromatic nitrogens is 2. The molecule has 0 spiro atoms. The molecule has 0 aliphatic rings. The Bertz CT molecular complexity index is 575. The second-order valence-corrected chi connectivity index (χ2v) is 5.41. The summed E-state index contributed by atoms with van der Waals surface area (Å²) in [4.78, 5) is 12.1. The van der Waals surface area contributed by atoms with Gasteiger partial charge in [0, 0.05) is 19.3 Å². The van der Waals surface area contributed by atoms with E-state index in [1.54, 1.807) is 10.7 Å². The lowest BCUT2D eigenvalue weighted by Gasteiger charge is -2.23. The number of nitrogens with one attached hydrogen (secondary N) is 1. The van der Waals surface area contributed by atoms with E-state index in [1.165, 1.54) is 0 Å². The normalized spacial score (nSPS) is 11.7. The van der Waals surface area contributed by atoms with Gasteiger partial charge in [0.1, 0.15) is 0 Å². The molecule has 0 aliphatic heterocycles. The van der Waals surface area contributed by atoms with Crippen molar-refractivity contribution >= 4 is 11.4 Å². The van der Waals surface area contributed by atoms with Crippen molar-refractivity contribution in [1.29, 1.82) is 0 Å². The lowest BCUT2D eigenvalue weighted by Crippen LogP contribution is -2.34. The number of nitrogens with zero attached hydrogens (tertiary/aromatic N) is 2. The Labute approximate surface area is 112 Å². The maximum Gasteiger partial charge on any atom is 0.255 e. The summed E-state index contributed by atoms with van der Waals surface area (Å²) < 4.78 is 1.67. The predicted molar refractivity (Wildman–Crippen MR) is 73.0 cm³/mol. The maximum atomic E-state index is 12.1. The van der Waals surface area contributed by atoms with Gasteiger partial charge < -0.3 is 10.4 Å². The summed E-state index contributed by atoms with van der Waals surface area (Å²) in [6, 6.07) is 5.61. The molecule has 0 saturated carbocycles. The first-order valence-electron chi connectivity index (χ1n) is 6.35. The van der Waals surface area contributed by atoms with Crippen LogP contribution >= 0.6 is 0 Å². The predicted octanol–water partition coefficient (Wildman–Crippen LogP) is 1.47. The second kappa shape index (κ2) is 5.40. The van der Waals surface area contributed by atoms with E-state index in [-0.39, 0.29) is 17.9 Å². The molecule has 0 aliphatic carbocycles. The molecule has 2 aromatic rings. The van der Waals surface area contributed by atoms with E-state index in [2.05, 4.69) is 10.4 Å². The fraction of sp³-hybridized carbons (Fsp3) is 0.429. The third kappa shape index (κ3) is 3.12. The van der Waals surface area contributed by atoms with Gasteiger partial charge in [0.15, 0.2) is 0 Å². The van der Waals surface area contributed by atoms with Crippen molar-refractivity contribution in [3.63, 3.8) is 0 Å². The van der Waals surface area contributed by atoms with E-state index >= 15 is 0 Å². The van der Waals surface area contributed by atoms with Gasteiger partial charge in [-0.15, -0.1) is 0 Å². The largest absolute Gasteiger partial charge is 0.396 e. The van der Waals surface area contributed by atoms with Crippen LogP contribution in [0.3, 0.4) is 0 Å². The van der Waals surface area contributed by atoms with Gasteiger partial charge in [-0.05, 0) is 24.0 Å². The van der Waals surface area contributed by atoms with Crippen LogP contribution in [0.15, 0.2) is 30.6 Å². The zero-order valence-electron chi connectivity index (χ0n) is 11.3. The third-order valence-corrected chi connectivity index (χ3v) is 3.19. The molecule has 0 fully saturated rings. The summed E-state index contributed by atoms with van der Waals surface area (Å²) in [5, 5.41) is 16.0. The SMILES string of the molecule is CC(C)(CCO)CNC(=O)c1cnn2ccccc12. The van der Waals surface area contributed by atoms with E-state index < -0.39 is 0 Å². The van der Waals surface area contributed by atoms with Crippen molar-refractivity contribution in [2.45, 2.75) is 20.3 Å². The highest BCUT2D eigenvalue weighted by atomic mass is 16.3. The highest BCUT2D eigenvalue weighted by Crippen LogP contribution is 2.18. The van der Waals surface area contributed by atoms with Crippen LogP contribution in [-0.4, -0.2) is 33.8 Å². The fourth-order valence-corrected chi connectivity index (χ4v) is 1.92. The van der Waals surface area contributed by atoms with Crippen molar-refractivity contribution < 1.29 is 9.90 Å². The molecule has 0 atom stereocenters.